The van der Waals surface area contributed by atoms with Gasteiger partial charge in [0.1, 0.15) is 0 Å². The molecule has 0 saturated heterocycles. The van der Waals surface area contributed by atoms with E-state index in [2.05, 4.69) is 60.6 Å². The maximum absolute atomic E-state index is 4.33. The van der Waals surface area contributed by atoms with Crippen molar-refractivity contribution >= 4 is 15.9 Å². The summed E-state index contributed by atoms with van der Waals surface area (Å²) in [7, 11) is 0. The first-order chi connectivity index (χ1) is 7.58. The Kier molecular flexibility index (Phi) is 3.25. The Hall–Kier alpha value is -0.560. The maximum atomic E-state index is 4.33. The highest BCUT2D eigenvalue weighted by Gasteiger charge is 2.39. The summed E-state index contributed by atoms with van der Waals surface area (Å²) in [6.45, 7) is 8.80. The van der Waals surface area contributed by atoms with Gasteiger partial charge in [-0.3, -0.25) is 0 Å². The summed E-state index contributed by atoms with van der Waals surface area (Å²) >= 11 is 3.59. The van der Waals surface area contributed by atoms with Crippen LogP contribution in [0, 0.1) is 12.8 Å². The van der Waals surface area contributed by atoms with Crippen molar-refractivity contribution in [2.75, 3.05) is 5.33 Å². The Morgan fingerprint density at radius 3 is 2.50 bits per heavy atom. The molecule has 16 heavy (non-hydrogen) atoms. The van der Waals surface area contributed by atoms with E-state index in [0.29, 0.717) is 5.92 Å². The molecular weight excluding hydrogens is 260 g/mol. The summed E-state index contributed by atoms with van der Waals surface area (Å²) in [5.74, 6) is 0.645. The number of hydrogen-bond acceptors (Lipinski definition) is 0. The molecule has 0 heterocycles. The summed E-state index contributed by atoms with van der Waals surface area (Å²) in [4.78, 5) is 0. The molecule has 2 unspecified atom stereocenters. The highest BCUT2D eigenvalue weighted by molar-refractivity contribution is 9.09. The van der Waals surface area contributed by atoms with Gasteiger partial charge in [0.15, 0.2) is 0 Å². The van der Waals surface area contributed by atoms with Crippen molar-refractivity contribution in [3.8, 4) is 0 Å². The molecule has 0 aromatic heterocycles. The standard InChI is InChI=1S/C15H19Br/c1-11-4-6-14(7-5-11)15(3)9-8-13(10-16)12(15)2/h4-7,13H,2,8-10H2,1,3H3. The normalized spacial score (nSPS) is 29.7. The van der Waals surface area contributed by atoms with Crippen LogP contribution in [0.2, 0.25) is 0 Å². The van der Waals surface area contributed by atoms with Crippen LogP contribution in [-0.4, -0.2) is 5.33 Å². The van der Waals surface area contributed by atoms with E-state index in [4.69, 9.17) is 0 Å². The first kappa shape index (κ1) is 11.9. The van der Waals surface area contributed by atoms with Crippen LogP contribution in [0.1, 0.15) is 30.9 Å². The van der Waals surface area contributed by atoms with Crippen LogP contribution < -0.4 is 0 Å². The zero-order valence-electron chi connectivity index (χ0n) is 10.1. The number of aryl methyl sites for hydroxylation is 1. The number of benzene rings is 1. The predicted octanol–water partition coefficient (Wildman–Crippen LogP) is 4.61. The molecule has 1 aromatic carbocycles. The van der Waals surface area contributed by atoms with Crippen molar-refractivity contribution in [1.29, 1.82) is 0 Å². The molecular formula is C15H19Br. The second-order valence-corrected chi connectivity index (χ2v) is 5.76. The van der Waals surface area contributed by atoms with Crippen LogP contribution >= 0.6 is 15.9 Å². The van der Waals surface area contributed by atoms with Crippen LogP contribution in [0.5, 0.6) is 0 Å². The van der Waals surface area contributed by atoms with E-state index in [9.17, 15) is 0 Å². The molecule has 1 fully saturated rings. The van der Waals surface area contributed by atoms with Gasteiger partial charge < -0.3 is 0 Å². The van der Waals surface area contributed by atoms with E-state index in [1.54, 1.807) is 0 Å². The van der Waals surface area contributed by atoms with Crippen LogP contribution in [-0.2, 0) is 5.41 Å². The molecule has 2 rings (SSSR count). The van der Waals surface area contributed by atoms with E-state index < -0.39 is 0 Å². The molecule has 86 valence electrons. The average molecular weight is 279 g/mol. The van der Waals surface area contributed by atoms with Crippen molar-refractivity contribution < 1.29 is 0 Å². The third kappa shape index (κ3) is 1.86. The monoisotopic (exact) mass is 278 g/mol. The van der Waals surface area contributed by atoms with E-state index >= 15 is 0 Å². The fourth-order valence-electron chi connectivity index (χ4n) is 2.67. The molecule has 0 bridgehead atoms. The van der Waals surface area contributed by atoms with Crippen LogP contribution in [0.25, 0.3) is 0 Å². The van der Waals surface area contributed by atoms with Crippen molar-refractivity contribution in [1.82, 2.24) is 0 Å². The molecule has 1 aliphatic rings. The molecule has 0 aliphatic heterocycles. The molecule has 0 spiro atoms. The summed E-state index contributed by atoms with van der Waals surface area (Å²) in [6, 6.07) is 8.93. The number of hydrogen-bond donors (Lipinski definition) is 0. The molecule has 1 aromatic rings. The zero-order chi connectivity index (χ0) is 11.8. The molecule has 0 N–H and O–H groups in total. The van der Waals surface area contributed by atoms with Crippen LogP contribution in [0.15, 0.2) is 36.4 Å². The van der Waals surface area contributed by atoms with Gasteiger partial charge in [-0.15, -0.1) is 0 Å². The Labute approximate surface area is 107 Å². The maximum Gasteiger partial charge on any atom is 0.0134 e. The molecule has 1 aliphatic carbocycles. The minimum Gasteiger partial charge on any atom is -0.0987 e. The molecule has 0 radical (unpaired) electrons. The predicted molar refractivity (Wildman–Crippen MR) is 74.2 cm³/mol. The van der Waals surface area contributed by atoms with Crippen molar-refractivity contribution in [3.05, 3.63) is 47.5 Å². The molecule has 1 saturated carbocycles. The largest absolute Gasteiger partial charge is 0.0987 e. The summed E-state index contributed by atoms with van der Waals surface area (Å²) in [6.07, 6.45) is 2.49. The van der Waals surface area contributed by atoms with Gasteiger partial charge in [-0.2, -0.15) is 0 Å². The second kappa shape index (κ2) is 4.37. The lowest BCUT2D eigenvalue weighted by atomic mass is 9.77. The first-order valence-electron chi connectivity index (χ1n) is 5.90. The minimum atomic E-state index is 0.187. The Bertz CT molecular complexity index is 390. The SMILES string of the molecule is C=C1C(CBr)CCC1(C)c1ccc(C)cc1. The fourth-order valence-corrected chi connectivity index (χ4v) is 3.38. The first-order valence-corrected chi connectivity index (χ1v) is 7.02. The van der Waals surface area contributed by atoms with Crippen molar-refractivity contribution in [2.45, 2.75) is 32.1 Å². The third-order valence-corrected chi connectivity index (χ3v) is 4.85. The Morgan fingerprint density at radius 1 is 1.38 bits per heavy atom. The summed E-state index contributed by atoms with van der Waals surface area (Å²) in [5, 5.41) is 1.05. The summed E-state index contributed by atoms with van der Waals surface area (Å²) < 4.78 is 0. The average Bonchev–Trinajstić information content (AvgIpc) is 2.58. The highest BCUT2D eigenvalue weighted by Crippen LogP contribution is 2.47. The zero-order valence-corrected chi connectivity index (χ0v) is 11.7. The number of rotatable bonds is 2. The Morgan fingerprint density at radius 2 is 2.00 bits per heavy atom. The number of halogens is 1. The van der Waals surface area contributed by atoms with Gasteiger partial charge in [0, 0.05) is 10.7 Å². The van der Waals surface area contributed by atoms with E-state index in [1.807, 2.05) is 0 Å². The lowest BCUT2D eigenvalue weighted by molar-refractivity contribution is 0.573. The molecule has 1 heteroatoms. The lowest BCUT2D eigenvalue weighted by Crippen LogP contribution is -2.20. The second-order valence-electron chi connectivity index (χ2n) is 5.11. The van der Waals surface area contributed by atoms with Crippen molar-refractivity contribution in [2.24, 2.45) is 5.92 Å². The highest BCUT2D eigenvalue weighted by atomic mass is 79.9. The van der Waals surface area contributed by atoms with Gasteiger partial charge in [0.25, 0.3) is 0 Å². The lowest BCUT2D eigenvalue weighted by Gasteiger charge is -2.27. The third-order valence-electron chi connectivity index (χ3n) is 4.07. The fraction of sp³-hybridized carbons (Fsp3) is 0.467. The van der Waals surface area contributed by atoms with Gasteiger partial charge in [0.2, 0.25) is 0 Å². The van der Waals surface area contributed by atoms with Gasteiger partial charge in [-0.1, -0.05) is 64.8 Å². The quantitative estimate of drug-likeness (QED) is 0.547. The molecule has 2 atom stereocenters. The topological polar surface area (TPSA) is 0 Å². The molecule has 0 nitrogen and oxygen atoms in total. The number of allylic oxidation sites excluding steroid dienone is 1. The van der Waals surface area contributed by atoms with E-state index in [-0.39, 0.29) is 5.41 Å². The number of alkyl halides is 1. The van der Waals surface area contributed by atoms with Crippen LogP contribution in [0.3, 0.4) is 0 Å². The van der Waals surface area contributed by atoms with Gasteiger partial charge >= 0.3 is 0 Å². The molecule has 0 amide bonds. The van der Waals surface area contributed by atoms with Gasteiger partial charge in [-0.05, 0) is 31.2 Å². The minimum absolute atomic E-state index is 0.187. The van der Waals surface area contributed by atoms with Crippen molar-refractivity contribution in [3.63, 3.8) is 0 Å². The van der Waals surface area contributed by atoms with Crippen LogP contribution in [0.4, 0.5) is 0 Å². The Balaban J connectivity index is 2.33. The van der Waals surface area contributed by atoms with Gasteiger partial charge in [-0.25, -0.2) is 0 Å². The summed E-state index contributed by atoms with van der Waals surface area (Å²) in [5.41, 5.74) is 4.33. The smallest absolute Gasteiger partial charge is 0.0134 e. The van der Waals surface area contributed by atoms with E-state index in [0.717, 1.165) is 5.33 Å². The van der Waals surface area contributed by atoms with Gasteiger partial charge in [0.05, 0.1) is 0 Å². The van der Waals surface area contributed by atoms with E-state index in [1.165, 1.54) is 29.5 Å².